The van der Waals surface area contributed by atoms with E-state index in [-0.39, 0.29) is 11.0 Å². The smallest absolute Gasteiger partial charge is 0.257 e. The molecule has 27 heavy (non-hydrogen) atoms. The first-order valence-electron chi connectivity index (χ1n) is 8.39. The summed E-state index contributed by atoms with van der Waals surface area (Å²) in [4.78, 5) is 25.4. The van der Waals surface area contributed by atoms with Crippen LogP contribution in [0.5, 0.6) is 5.75 Å². The van der Waals surface area contributed by atoms with Crippen molar-refractivity contribution >= 4 is 61.4 Å². The van der Waals surface area contributed by atoms with Crippen LogP contribution in [0.4, 0.5) is 5.00 Å². The highest BCUT2D eigenvalue weighted by Crippen LogP contribution is 2.38. The van der Waals surface area contributed by atoms with Gasteiger partial charge in [0.1, 0.15) is 10.8 Å². The molecule has 2 amide bonds. The van der Waals surface area contributed by atoms with Gasteiger partial charge in [-0.05, 0) is 78.1 Å². The number of benzene rings is 1. The molecule has 2 aromatic rings. The molecule has 0 spiro atoms. The molecule has 0 radical (unpaired) electrons. The molecule has 1 aliphatic rings. The van der Waals surface area contributed by atoms with Crippen molar-refractivity contribution in [2.75, 3.05) is 11.9 Å². The molecule has 1 aromatic heterocycles. The van der Waals surface area contributed by atoms with E-state index in [4.69, 9.17) is 22.7 Å². The minimum absolute atomic E-state index is 0.118. The Morgan fingerprint density at radius 1 is 1.37 bits per heavy atom. The first kappa shape index (κ1) is 19.8. The Morgan fingerprint density at radius 3 is 2.81 bits per heavy atom. The number of thiocarbonyl (C=S) groups is 1. The van der Waals surface area contributed by atoms with E-state index < -0.39 is 5.91 Å². The zero-order valence-electron chi connectivity index (χ0n) is 14.6. The van der Waals surface area contributed by atoms with Crippen molar-refractivity contribution in [2.24, 2.45) is 5.73 Å². The molecular weight excluding hydrogens is 450 g/mol. The van der Waals surface area contributed by atoms with E-state index in [1.54, 1.807) is 18.2 Å². The van der Waals surface area contributed by atoms with E-state index in [1.807, 2.05) is 6.92 Å². The van der Waals surface area contributed by atoms with E-state index in [0.29, 0.717) is 33.0 Å². The lowest BCUT2D eigenvalue weighted by Gasteiger charge is -2.11. The Balaban J connectivity index is 1.70. The lowest BCUT2D eigenvalue weighted by atomic mass is 10.1. The van der Waals surface area contributed by atoms with E-state index >= 15 is 0 Å². The first-order chi connectivity index (χ1) is 12.9. The summed E-state index contributed by atoms with van der Waals surface area (Å²) in [5.41, 5.74) is 7.44. The lowest BCUT2D eigenvalue weighted by Crippen LogP contribution is -2.34. The second-order valence-corrected chi connectivity index (χ2v) is 8.28. The fourth-order valence-electron chi connectivity index (χ4n) is 2.98. The number of nitrogens with one attached hydrogen (secondary N) is 2. The molecule has 6 nitrogen and oxygen atoms in total. The maximum atomic E-state index is 12.4. The van der Waals surface area contributed by atoms with Gasteiger partial charge in [0, 0.05) is 10.4 Å². The number of hydrogen-bond donors (Lipinski definition) is 3. The zero-order valence-corrected chi connectivity index (χ0v) is 17.8. The number of aryl methyl sites for hydroxylation is 1. The maximum absolute atomic E-state index is 12.4. The molecule has 0 unspecified atom stereocenters. The summed E-state index contributed by atoms with van der Waals surface area (Å²) in [5, 5.41) is 6.28. The van der Waals surface area contributed by atoms with Gasteiger partial charge in [0.2, 0.25) is 0 Å². The maximum Gasteiger partial charge on any atom is 0.257 e. The Bertz CT molecular complexity index is 927. The third-order valence-electron chi connectivity index (χ3n) is 4.12. The van der Waals surface area contributed by atoms with Gasteiger partial charge in [-0.15, -0.1) is 11.3 Å². The van der Waals surface area contributed by atoms with Gasteiger partial charge in [-0.25, -0.2) is 0 Å². The third kappa shape index (κ3) is 4.31. The summed E-state index contributed by atoms with van der Waals surface area (Å²) >= 11 is 10.1. The molecular formula is C18H18BrN3O3S2. The number of carbonyl (C=O) groups excluding carboxylic acids is 2. The number of anilines is 1. The molecule has 1 aromatic carbocycles. The number of rotatable bonds is 5. The molecule has 0 saturated carbocycles. The fourth-order valence-corrected chi connectivity index (χ4v) is 5.03. The minimum atomic E-state index is -0.485. The molecule has 9 heteroatoms. The molecule has 4 N–H and O–H groups in total. The summed E-state index contributed by atoms with van der Waals surface area (Å²) in [5.74, 6) is -0.184. The highest BCUT2D eigenvalue weighted by atomic mass is 79.9. The van der Waals surface area contributed by atoms with Gasteiger partial charge < -0.3 is 15.8 Å². The van der Waals surface area contributed by atoms with Crippen molar-refractivity contribution in [1.82, 2.24) is 5.32 Å². The lowest BCUT2D eigenvalue weighted by molar-refractivity contribution is 0.0975. The number of fused-ring (bicyclic) bond motifs is 1. The van der Waals surface area contributed by atoms with Crippen molar-refractivity contribution in [1.29, 1.82) is 0 Å². The molecule has 1 heterocycles. The summed E-state index contributed by atoms with van der Waals surface area (Å²) < 4.78 is 6.12. The van der Waals surface area contributed by atoms with Crippen molar-refractivity contribution in [3.63, 3.8) is 0 Å². The normalized spacial score (nSPS) is 12.4. The second kappa shape index (κ2) is 8.37. The van der Waals surface area contributed by atoms with Crippen LogP contribution in [0.25, 0.3) is 0 Å². The number of amides is 2. The summed E-state index contributed by atoms with van der Waals surface area (Å²) in [7, 11) is 0. The van der Waals surface area contributed by atoms with Crippen LogP contribution in [0.3, 0.4) is 0 Å². The Hall–Kier alpha value is -1.97. The second-order valence-electron chi connectivity index (χ2n) is 5.91. The van der Waals surface area contributed by atoms with Gasteiger partial charge in [-0.3, -0.25) is 14.9 Å². The van der Waals surface area contributed by atoms with Crippen molar-refractivity contribution in [2.45, 2.75) is 26.2 Å². The van der Waals surface area contributed by atoms with Crippen molar-refractivity contribution in [3.05, 3.63) is 44.2 Å². The van der Waals surface area contributed by atoms with Crippen LogP contribution >= 0.6 is 39.5 Å². The number of carbonyl (C=O) groups is 2. The van der Waals surface area contributed by atoms with E-state index in [0.717, 1.165) is 29.7 Å². The number of hydrogen-bond acceptors (Lipinski definition) is 5. The van der Waals surface area contributed by atoms with Gasteiger partial charge in [-0.2, -0.15) is 0 Å². The average Bonchev–Trinajstić information content (AvgIpc) is 3.16. The van der Waals surface area contributed by atoms with Crippen molar-refractivity contribution in [3.8, 4) is 5.75 Å². The van der Waals surface area contributed by atoms with Crippen LogP contribution in [-0.4, -0.2) is 23.5 Å². The molecule has 1 aliphatic carbocycles. The molecule has 0 bridgehead atoms. The Kier molecular flexibility index (Phi) is 6.13. The number of ether oxygens (including phenoxy) is 1. The largest absolute Gasteiger partial charge is 0.493 e. The fraction of sp³-hybridized carbons (Fsp3) is 0.278. The summed E-state index contributed by atoms with van der Waals surface area (Å²) in [6.07, 6.45) is 2.79. The highest BCUT2D eigenvalue weighted by molar-refractivity contribution is 9.10. The molecule has 0 aliphatic heterocycles. The van der Waals surface area contributed by atoms with Gasteiger partial charge >= 0.3 is 0 Å². The van der Waals surface area contributed by atoms with Gasteiger partial charge in [0.05, 0.1) is 16.6 Å². The molecule has 0 saturated heterocycles. The number of nitrogens with two attached hydrogens (primary N) is 1. The molecule has 142 valence electrons. The first-order valence-corrected chi connectivity index (χ1v) is 10.4. The predicted octanol–water partition coefficient (Wildman–Crippen LogP) is 3.62. The van der Waals surface area contributed by atoms with Crippen LogP contribution in [0.1, 0.15) is 44.5 Å². The van der Waals surface area contributed by atoms with Crippen LogP contribution in [-0.2, 0) is 12.8 Å². The van der Waals surface area contributed by atoms with Crippen LogP contribution in [0, 0.1) is 0 Å². The predicted molar refractivity (Wildman–Crippen MR) is 114 cm³/mol. The Labute approximate surface area is 174 Å². The van der Waals surface area contributed by atoms with Crippen molar-refractivity contribution < 1.29 is 14.3 Å². The van der Waals surface area contributed by atoms with Gasteiger partial charge in [-0.1, -0.05) is 0 Å². The minimum Gasteiger partial charge on any atom is -0.493 e. The highest BCUT2D eigenvalue weighted by Gasteiger charge is 2.25. The van der Waals surface area contributed by atoms with Crippen LogP contribution < -0.4 is 21.1 Å². The standard InChI is InChI=1S/C18H18BrN3O3S2/c1-2-25-12-7-6-9(8-11(12)19)16(24)21-18(26)22-17-14(15(20)23)10-4-3-5-13(10)27-17/h6-8H,2-5H2,1H3,(H2,20,23)(H2,21,22,24,26). The van der Waals surface area contributed by atoms with Gasteiger partial charge in [0.15, 0.2) is 5.11 Å². The molecule has 3 rings (SSSR count). The molecule has 0 atom stereocenters. The third-order valence-corrected chi connectivity index (χ3v) is 6.15. The molecule has 0 fully saturated rings. The quantitative estimate of drug-likeness (QED) is 0.583. The number of halogens is 1. The van der Waals surface area contributed by atoms with Crippen LogP contribution in [0.15, 0.2) is 22.7 Å². The summed E-state index contributed by atoms with van der Waals surface area (Å²) in [6.45, 7) is 2.42. The monoisotopic (exact) mass is 467 g/mol. The topological polar surface area (TPSA) is 93.4 Å². The van der Waals surface area contributed by atoms with E-state index in [1.165, 1.54) is 11.3 Å². The van der Waals surface area contributed by atoms with E-state index in [2.05, 4.69) is 26.6 Å². The summed E-state index contributed by atoms with van der Waals surface area (Å²) in [6, 6.07) is 5.04. The Morgan fingerprint density at radius 2 is 2.15 bits per heavy atom. The average molecular weight is 468 g/mol. The SMILES string of the molecule is CCOc1ccc(C(=O)NC(=S)Nc2sc3c(c2C(N)=O)CCC3)cc1Br. The number of primary amides is 1. The van der Waals surface area contributed by atoms with Gasteiger partial charge in [0.25, 0.3) is 11.8 Å². The van der Waals surface area contributed by atoms with Crippen LogP contribution in [0.2, 0.25) is 0 Å². The number of thiophene rings is 1. The van der Waals surface area contributed by atoms with E-state index in [9.17, 15) is 9.59 Å². The zero-order chi connectivity index (χ0) is 19.6.